The van der Waals surface area contributed by atoms with Crippen LogP contribution in [-0.4, -0.2) is 134 Å². The number of hydrogen-bond acceptors (Lipinski definition) is 15. The largest absolute Gasteiger partial charge is 0.488 e. The maximum atomic E-state index is 11.7. The first-order valence-corrected chi connectivity index (χ1v) is 13.9. The van der Waals surface area contributed by atoms with E-state index in [9.17, 15) is 44.8 Å². The van der Waals surface area contributed by atoms with Gasteiger partial charge < -0.3 is 69.4 Å². The molecule has 1 aromatic carbocycles. The zero-order valence-corrected chi connectivity index (χ0v) is 21.7. The first kappa shape index (κ1) is 32.0. The highest BCUT2D eigenvalue weighted by Crippen LogP contribution is 2.38. The summed E-state index contributed by atoms with van der Waals surface area (Å²) in [6, 6.07) is 0. The molecule has 0 spiro atoms. The highest BCUT2D eigenvalue weighted by atomic mass is 31.2. The van der Waals surface area contributed by atoms with Crippen molar-refractivity contribution in [3.8, 4) is 5.75 Å². The van der Waals surface area contributed by atoms with Crippen molar-refractivity contribution >= 4 is 13.3 Å². The van der Waals surface area contributed by atoms with Crippen molar-refractivity contribution < 1.29 is 68.7 Å². The summed E-state index contributed by atoms with van der Waals surface area (Å²) in [4.78, 5) is 41.6. The fourth-order valence-corrected chi connectivity index (χ4v) is 4.81. The fraction of sp³-hybridized carbons (Fsp3) is 0.810. The van der Waals surface area contributed by atoms with Gasteiger partial charge in [0.25, 0.3) is 10.9 Å². The van der Waals surface area contributed by atoms with Crippen LogP contribution in [0.1, 0.15) is 13.3 Å². The summed E-state index contributed by atoms with van der Waals surface area (Å²) in [6.07, 6.45) is -17.6. The summed E-state index contributed by atoms with van der Waals surface area (Å²) in [6.45, 7) is 0.791. The molecular weight excluding hydrogens is 553 g/mol. The number of aliphatic hydroxyl groups is 6. The first-order valence-electron chi connectivity index (χ1n) is 12.1. The van der Waals surface area contributed by atoms with Gasteiger partial charge in [-0.15, -0.1) is 0 Å². The molecule has 0 saturated carbocycles. The molecule has 1 aromatic rings. The molecular formula is C21H34NO16P. The average molecular weight is 587 g/mol. The van der Waals surface area contributed by atoms with Crippen LogP contribution in [0.15, 0.2) is 9.59 Å². The van der Waals surface area contributed by atoms with E-state index in [4.69, 9.17) is 33.5 Å². The third kappa shape index (κ3) is 7.39. The quantitative estimate of drug-likeness (QED) is 0.0596. The van der Waals surface area contributed by atoms with E-state index >= 15 is 0 Å². The molecule has 6 unspecified atom stereocenters. The normalized spacial score (nSPS) is 35.7. The van der Waals surface area contributed by atoms with E-state index < -0.39 is 99.1 Å². The van der Waals surface area contributed by atoms with Gasteiger partial charge in [0.1, 0.15) is 48.4 Å². The van der Waals surface area contributed by atoms with Crippen LogP contribution in [0.5, 0.6) is 5.75 Å². The van der Waals surface area contributed by atoms with Crippen LogP contribution >= 0.6 is 7.60 Å². The highest BCUT2D eigenvalue weighted by molar-refractivity contribution is 7.51. The maximum absolute atomic E-state index is 11.7. The molecule has 0 bridgehead atoms. The number of aliphatic hydroxyl groups excluding tert-OH is 6. The molecule has 17 nitrogen and oxygen atoms in total. The van der Waals surface area contributed by atoms with Gasteiger partial charge in [0, 0.05) is 6.54 Å². The van der Waals surface area contributed by atoms with Gasteiger partial charge in [-0.3, -0.25) is 14.2 Å². The van der Waals surface area contributed by atoms with E-state index in [0.29, 0.717) is 0 Å². The van der Waals surface area contributed by atoms with Gasteiger partial charge in [-0.05, 0) is 13.3 Å². The van der Waals surface area contributed by atoms with Crippen LogP contribution in [0.4, 0.5) is 5.69 Å². The number of hydrogen-bond donors (Lipinski definition) is 9. The van der Waals surface area contributed by atoms with Crippen LogP contribution in [0.25, 0.3) is 0 Å². The van der Waals surface area contributed by atoms with Gasteiger partial charge in [-0.25, -0.2) is 0 Å². The molecule has 2 aliphatic rings. The summed E-state index contributed by atoms with van der Waals surface area (Å²) in [7, 11) is -4.49. The molecule has 0 aliphatic carbocycles. The van der Waals surface area contributed by atoms with E-state index in [2.05, 4.69) is 5.32 Å². The Hall–Kier alpha value is -1.57. The van der Waals surface area contributed by atoms with Gasteiger partial charge >= 0.3 is 7.60 Å². The monoisotopic (exact) mass is 587 g/mol. The van der Waals surface area contributed by atoms with Gasteiger partial charge in [0.2, 0.25) is 0 Å². The maximum Gasteiger partial charge on any atom is 0.325 e. The number of nitrogens with one attached hydrogen (secondary N) is 1. The number of ether oxygens (including phenoxy) is 5. The molecule has 9 N–H and O–H groups in total. The van der Waals surface area contributed by atoms with Gasteiger partial charge in [0.05, 0.1) is 32.1 Å². The number of rotatable bonds is 13. The minimum Gasteiger partial charge on any atom is -0.488 e. The zero-order chi connectivity index (χ0) is 29.1. The van der Waals surface area contributed by atoms with Crippen molar-refractivity contribution in [2.45, 2.75) is 74.8 Å². The third-order valence-corrected chi connectivity index (χ3v) is 7.17. The first-order chi connectivity index (χ1) is 18.3. The molecule has 0 amide bonds. The Bertz CT molecular complexity index is 1060. The van der Waals surface area contributed by atoms with E-state index in [1.807, 2.05) is 0 Å². The molecule has 0 aromatic heterocycles. The summed E-state index contributed by atoms with van der Waals surface area (Å²) in [5.74, 6) is -0.117. The molecule has 2 saturated heterocycles. The lowest BCUT2D eigenvalue weighted by Gasteiger charge is -2.46. The van der Waals surface area contributed by atoms with Crippen molar-refractivity contribution in [3.63, 3.8) is 0 Å². The molecule has 224 valence electrons. The van der Waals surface area contributed by atoms with Crippen molar-refractivity contribution in [2.24, 2.45) is 0 Å². The molecule has 2 aliphatic heterocycles. The van der Waals surface area contributed by atoms with Crippen molar-refractivity contribution in [1.82, 2.24) is 0 Å². The summed E-state index contributed by atoms with van der Waals surface area (Å²) >= 11 is 0. The Labute approximate surface area is 221 Å². The highest BCUT2D eigenvalue weighted by Gasteiger charge is 2.51. The smallest absolute Gasteiger partial charge is 0.325 e. The molecule has 0 radical (unpaired) electrons. The molecule has 2 fully saturated rings. The zero-order valence-electron chi connectivity index (χ0n) is 20.8. The Balaban J connectivity index is 1.68. The van der Waals surface area contributed by atoms with Crippen molar-refractivity contribution in [1.29, 1.82) is 0 Å². The summed E-state index contributed by atoms with van der Waals surface area (Å²) < 4.78 is 38.4. The van der Waals surface area contributed by atoms with Crippen LogP contribution < -0.4 is 20.9 Å². The average Bonchev–Trinajstić information content (AvgIpc) is 2.89. The Morgan fingerprint density at radius 3 is 2.15 bits per heavy atom. The van der Waals surface area contributed by atoms with Crippen molar-refractivity contribution in [3.05, 3.63) is 20.4 Å². The second-order valence-electron chi connectivity index (χ2n) is 9.09. The van der Waals surface area contributed by atoms with Gasteiger partial charge in [-0.2, -0.15) is 0 Å². The van der Waals surface area contributed by atoms with Crippen LogP contribution in [-0.2, 0) is 23.5 Å². The predicted octanol–water partition coefficient (Wildman–Crippen LogP) is -4.69. The summed E-state index contributed by atoms with van der Waals surface area (Å²) in [5.41, 5.74) is -1.59. The van der Waals surface area contributed by atoms with Crippen molar-refractivity contribution in [2.75, 3.05) is 37.8 Å². The lowest BCUT2D eigenvalue weighted by molar-refractivity contribution is -0.365. The number of anilines is 1. The van der Waals surface area contributed by atoms with E-state index in [0.717, 1.165) is 0 Å². The minimum absolute atomic E-state index is 0.0425. The summed E-state index contributed by atoms with van der Waals surface area (Å²) in [5, 5.41) is 63.9. The minimum atomic E-state index is -4.49. The third-order valence-electron chi connectivity index (χ3n) is 6.33. The molecule has 18 heteroatoms. The Kier molecular flexibility index (Phi) is 11.0. The van der Waals surface area contributed by atoms with Gasteiger partial charge in [-0.1, -0.05) is 0 Å². The van der Waals surface area contributed by atoms with E-state index in [1.165, 1.54) is 0 Å². The Morgan fingerprint density at radius 1 is 0.897 bits per heavy atom. The molecule has 3 rings (SSSR count). The molecule has 39 heavy (non-hydrogen) atoms. The Morgan fingerprint density at radius 2 is 1.54 bits per heavy atom. The lowest BCUT2D eigenvalue weighted by atomic mass is 9.96. The van der Waals surface area contributed by atoms with Crippen LogP contribution in [0.2, 0.25) is 0 Å². The molecule has 10 atom stereocenters. The standard InChI is InChI=1S/C21H34NO16P/c1-2-34-18-10(13(26)16(18)29)22-4-5-35-21-19(15(28)12(25)9(7-23)37-21)38-20-17(30)14(27)11(24)8(36-20)3-6-39(31,32)33/h8-9,11-12,14-15,17,19-25,27-28,30H,2-7H2,1H3,(H2,31,32,33)/t8?,9?,11-,12-,14?,15?,17?,19?,20-,21+/m1/s1. The van der Waals surface area contributed by atoms with E-state index in [1.54, 1.807) is 6.92 Å². The van der Waals surface area contributed by atoms with Crippen LogP contribution in [0.3, 0.4) is 0 Å². The van der Waals surface area contributed by atoms with Gasteiger partial charge in [0.15, 0.2) is 18.3 Å². The topological polar surface area (TPSA) is 271 Å². The molecule has 2 heterocycles. The lowest BCUT2D eigenvalue weighted by Crippen LogP contribution is -2.64. The predicted molar refractivity (Wildman–Crippen MR) is 128 cm³/mol. The fourth-order valence-electron chi connectivity index (χ4n) is 4.22. The second kappa shape index (κ2) is 13.4. The second-order valence-corrected chi connectivity index (χ2v) is 10.9. The van der Waals surface area contributed by atoms with E-state index in [-0.39, 0.29) is 31.2 Å². The van der Waals surface area contributed by atoms with Crippen LogP contribution in [0, 0.1) is 0 Å². The SMILES string of the molecule is CCOc1c(NCCO[C@H]2OC(CO)[C@@H](O)C(O)C2O[C@H]2OC(CCP(=O)(O)O)[C@@H](O)C(O)C2O)c(=O)c1=O.